The maximum absolute atomic E-state index is 12.7. The van der Waals surface area contributed by atoms with Crippen LogP contribution in [-0.2, 0) is 14.8 Å². The van der Waals surface area contributed by atoms with Gasteiger partial charge >= 0.3 is 0 Å². The van der Waals surface area contributed by atoms with Gasteiger partial charge in [0.05, 0.1) is 27.2 Å². The number of halogens is 2. The van der Waals surface area contributed by atoms with E-state index in [9.17, 15) is 13.2 Å². The molecule has 146 valence electrons. The van der Waals surface area contributed by atoms with Gasteiger partial charge < -0.3 is 5.32 Å². The zero-order valence-corrected chi connectivity index (χ0v) is 17.7. The van der Waals surface area contributed by atoms with Crippen LogP contribution in [-0.4, -0.2) is 32.2 Å². The first-order valence-electron chi connectivity index (χ1n) is 8.47. The fraction of sp³-hybridized carbons (Fsp3) is 0.316. The zero-order chi connectivity index (χ0) is 20.2. The molecule has 2 aromatic rings. The van der Waals surface area contributed by atoms with Crippen LogP contribution in [0.2, 0.25) is 10.0 Å². The summed E-state index contributed by atoms with van der Waals surface area (Å²) in [5, 5.41) is 3.11. The first-order chi connectivity index (χ1) is 12.7. The summed E-state index contributed by atoms with van der Waals surface area (Å²) in [6.07, 6.45) is 0.969. The molecule has 0 heterocycles. The van der Waals surface area contributed by atoms with E-state index in [1.807, 2.05) is 0 Å². The lowest BCUT2D eigenvalue weighted by Crippen LogP contribution is -2.35. The number of nitrogens with one attached hydrogen (secondary N) is 1. The fourth-order valence-electron chi connectivity index (χ4n) is 2.47. The third-order valence-corrected chi connectivity index (χ3v) is 6.81. The van der Waals surface area contributed by atoms with Gasteiger partial charge in [0, 0.05) is 7.05 Å². The minimum absolute atomic E-state index is 0.139. The van der Waals surface area contributed by atoms with Crippen molar-refractivity contribution in [3.05, 3.63) is 58.1 Å². The lowest BCUT2D eigenvalue weighted by Gasteiger charge is -2.18. The number of hydrogen-bond donors (Lipinski definition) is 1. The molecule has 2 rings (SSSR count). The molecule has 1 atom stereocenters. The van der Waals surface area contributed by atoms with Gasteiger partial charge in [-0.15, -0.1) is 0 Å². The first kappa shape index (κ1) is 21.7. The van der Waals surface area contributed by atoms with E-state index in [2.05, 4.69) is 19.2 Å². The number of likely N-dealkylation sites (N-methyl/N-ethyl adjacent to an activating group) is 1. The maximum Gasteiger partial charge on any atom is 0.243 e. The van der Waals surface area contributed by atoms with E-state index in [-0.39, 0.29) is 27.2 Å². The molecule has 0 radical (unpaired) electrons. The Morgan fingerprint density at radius 1 is 1.11 bits per heavy atom. The van der Waals surface area contributed by atoms with Gasteiger partial charge in [-0.25, -0.2) is 8.42 Å². The highest BCUT2D eigenvalue weighted by atomic mass is 35.5. The monoisotopic (exact) mass is 428 g/mol. The van der Waals surface area contributed by atoms with E-state index in [1.165, 1.54) is 7.05 Å². The lowest BCUT2D eigenvalue weighted by molar-refractivity contribution is -0.116. The molecule has 0 aliphatic heterocycles. The Labute approximate surface area is 170 Å². The van der Waals surface area contributed by atoms with Crippen LogP contribution >= 0.6 is 23.2 Å². The number of anilines is 1. The number of amides is 1. The van der Waals surface area contributed by atoms with Gasteiger partial charge in [-0.2, -0.15) is 4.31 Å². The van der Waals surface area contributed by atoms with Gasteiger partial charge in [0.1, 0.15) is 0 Å². The average Bonchev–Trinajstić information content (AvgIpc) is 2.64. The highest BCUT2D eigenvalue weighted by Gasteiger charge is 2.23. The van der Waals surface area contributed by atoms with Crippen LogP contribution in [0.5, 0.6) is 0 Å². The second kappa shape index (κ2) is 9.06. The number of benzene rings is 2. The molecule has 8 heteroatoms. The third kappa shape index (κ3) is 5.23. The fourth-order valence-corrected chi connectivity index (χ4v) is 4.09. The van der Waals surface area contributed by atoms with Gasteiger partial charge in [-0.05, 0) is 42.2 Å². The summed E-state index contributed by atoms with van der Waals surface area (Å²) < 4.78 is 26.4. The number of sulfonamides is 1. The molecule has 1 unspecified atom stereocenters. The number of carbonyl (C=O) groups is 1. The van der Waals surface area contributed by atoms with Gasteiger partial charge in [-0.1, -0.05) is 55.2 Å². The van der Waals surface area contributed by atoms with Crippen LogP contribution < -0.4 is 5.32 Å². The van der Waals surface area contributed by atoms with Crippen molar-refractivity contribution in [3.8, 4) is 0 Å². The molecule has 0 fully saturated rings. The van der Waals surface area contributed by atoms with E-state index in [0.29, 0.717) is 5.92 Å². The van der Waals surface area contributed by atoms with Crippen molar-refractivity contribution < 1.29 is 13.2 Å². The van der Waals surface area contributed by atoms with Crippen LogP contribution in [0.25, 0.3) is 0 Å². The van der Waals surface area contributed by atoms with Crippen molar-refractivity contribution in [1.29, 1.82) is 0 Å². The molecule has 0 saturated carbocycles. The molecule has 0 bridgehead atoms. The van der Waals surface area contributed by atoms with Gasteiger partial charge in [0.15, 0.2) is 0 Å². The predicted molar refractivity (Wildman–Crippen MR) is 110 cm³/mol. The van der Waals surface area contributed by atoms with E-state index in [0.717, 1.165) is 16.3 Å². The standard InChI is InChI=1S/C19H22Cl2N2O3S/c1-4-13(2)14-8-10-15(11-9-14)27(25,26)23(3)12-18(24)22-19-16(20)6-5-7-17(19)21/h5-11,13H,4,12H2,1-3H3,(H,22,24). The molecule has 0 aliphatic rings. The van der Waals surface area contributed by atoms with Gasteiger partial charge in [-0.3, -0.25) is 4.79 Å². The molecule has 1 amide bonds. The molecule has 27 heavy (non-hydrogen) atoms. The molecule has 5 nitrogen and oxygen atoms in total. The normalized spacial score (nSPS) is 12.8. The van der Waals surface area contributed by atoms with Crippen LogP contribution in [0.15, 0.2) is 47.4 Å². The Bertz CT molecular complexity index is 895. The molecule has 0 spiro atoms. The van der Waals surface area contributed by atoms with E-state index in [4.69, 9.17) is 23.2 Å². The van der Waals surface area contributed by atoms with Crippen molar-refractivity contribution in [2.45, 2.75) is 31.1 Å². The van der Waals surface area contributed by atoms with Crippen molar-refractivity contribution in [2.24, 2.45) is 0 Å². The lowest BCUT2D eigenvalue weighted by atomic mass is 9.99. The summed E-state index contributed by atoms with van der Waals surface area (Å²) in [6.45, 7) is 3.80. The summed E-state index contributed by atoms with van der Waals surface area (Å²) in [4.78, 5) is 12.4. The summed E-state index contributed by atoms with van der Waals surface area (Å²) in [5.74, 6) is -0.182. The smallest absolute Gasteiger partial charge is 0.243 e. The Hall–Kier alpha value is -1.60. The molecule has 0 aliphatic carbocycles. The number of para-hydroxylation sites is 1. The molecule has 0 saturated heterocycles. The van der Waals surface area contributed by atoms with E-state index in [1.54, 1.807) is 42.5 Å². The SMILES string of the molecule is CCC(C)c1ccc(S(=O)(=O)N(C)CC(=O)Nc2c(Cl)cccc2Cl)cc1. The van der Waals surface area contributed by atoms with Gasteiger partial charge in [0.2, 0.25) is 15.9 Å². The number of carbonyl (C=O) groups excluding carboxylic acids is 1. The summed E-state index contributed by atoms with van der Waals surface area (Å²) >= 11 is 12.0. The molecule has 1 N–H and O–H groups in total. The highest BCUT2D eigenvalue weighted by Crippen LogP contribution is 2.29. The quantitative estimate of drug-likeness (QED) is 0.690. The largest absolute Gasteiger partial charge is 0.322 e. The Morgan fingerprint density at radius 3 is 2.19 bits per heavy atom. The number of rotatable bonds is 7. The zero-order valence-electron chi connectivity index (χ0n) is 15.4. The van der Waals surface area contributed by atoms with Crippen molar-refractivity contribution in [1.82, 2.24) is 4.31 Å². The van der Waals surface area contributed by atoms with E-state index >= 15 is 0 Å². The van der Waals surface area contributed by atoms with Crippen LogP contribution in [0, 0.1) is 0 Å². The maximum atomic E-state index is 12.7. The summed E-state index contributed by atoms with van der Waals surface area (Å²) in [6, 6.07) is 11.6. The van der Waals surface area contributed by atoms with Crippen LogP contribution in [0.1, 0.15) is 31.7 Å². The van der Waals surface area contributed by atoms with Crippen molar-refractivity contribution in [2.75, 3.05) is 18.9 Å². The molecular weight excluding hydrogens is 407 g/mol. The topological polar surface area (TPSA) is 66.5 Å². The molecule has 0 aromatic heterocycles. The first-order valence-corrected chi connectivity index (χ1v) is 10.7. The Kier molecular flexibility index (Phi) is 7.28. The van der Waals surface area contributed by atoms with Gasteiger partial charge in [0.25, 0.3) is 0 Å². The summed E-state index contributed by atoms with van der Waals surface area (Å²) in [5.41, 5.74) is 1.33. The second-order valence-electron chi connectivity index (χ2n) is 6.28. The van der Waals surface area contributed by atoms with Crippen molar-refractivity contribution >= 4 is 44.8 Å². The average molecular weight is 429 g/mol. The third-order valence-electron chi connectivity index (χ3n) is 4.36. The van der Waals surface area contributed by atoms with Crippen LogP contribution in [0.3, 0.4) is 0 Å². The number of nitrogens with zero attached hydrogens (tertiary/aromatic N) is 1. The minimum atomic E-state index is -3.79. The van der Waals surface area contributed by atoms with Crippen molar-refractivity contribution in [3.63, 3.8) is 0 Å². The molecular formula is C19H22Cl2N2O3S. The predicted octanol–water partition coefficient (Wildman–Crippen LogP) is 4.77. The van der Waals surface area contributed by atoms with Crippen LogP contribution in [0.4, 0.5) is 5.69 Å². The minimum Gasteiger partial charge on any atom is -0.322 e. The van der Waals surface area contributed by atoms with E-state index < -0.39 is 15.9 Å². The Balaban J connectivity index is 2.11. The molecule has 2 aromatic carbocycles. The number of hydrogen-bond acceptors (Lipinski definition) is 3. The second-order valence-corrected chi connectivity index (χ2v) is 9.14. The highest BCUT2D eigenvalue weighted by molar-refractivity contribution is 7.89. The Morgan fingerprint density at radius 2 is 1.67 bits per heavy atom. The summed E-state index contributed by atoms with van der Waals surface area (Å²) in [7, 11) is -2.44.